The molecule has 0 saturated carbocycles. The zero-order chi connectivity index (χ0) is 17.6. The monoisotopic (exact) mass is 326 g/mol. The maximum Gasteiger partial charge on any atom is 0.425 e. The van der Waals surface area contributed by atoms with E-state index in [1.54, 1.807) is 0 Å². The van der Waals surface area contributed by atoms with Gasteiger partial charge in [-0.15, -0.1) is 0 Å². The Kier molecular flexibility index (Phi) is 5.71. The van der Waals surface area contributed by atoms with E-state index in [2.05, 4.69) is 0 Å². The topological polar surface area (TPSA) is 72.6 Å². The summed E-state index contributed by atoms with van der Waals surface area (Å²) in [4.78, 5) is 23.4. The highest BCUT2D eigenvalue weighted by atomic mass is 16.6. The van der Waals surface area contributed by atoms with Crippen LogP contribution >= 0.6 is 0 Å². The second-order valence-corrected chi connectivity index (χ2v) is 5.56. The number of nitrogens with two attached hydrogens (primary N) is 1. The maximum absolute atomic E-state index is 12.5. The lowest BCUT2D eigenvalue weighted by Gasteiger charge is -2.35. The average molecular weight is 326 g/mol. The molecule has 5 heteroatoms. The number of carbonyl (C=O) groups excluding carboxylic acids is 2. The zero-order valence-corrected chi connectivity index (χ0v) is 13.9. The fraction of sp³-hybridized carbons (Fsp3) is 0.263. The fourth-order valence-corrected chi connectivity index (χ4v) is 2.61. The molecule has 24 heavy (non-hydrogen) atoms. The predicted molar refractivity (Wildman–Crippen MR) is 92.0 cm³/mol. The lowest BCUT2D eigenvalue weighted by Crippen LogP contribution is -2.48. The Hall–Kier alpha value is -2.66. The summed E-state index contributed by atoms with van der Waals surface area (Å²) in [7, 11) is 0. The molecule has 0 radical (unpaired) electrons. The molecule has 0 aliphatic heterocycles. The van der Waals surface area contributed by atoms with E-state index in [-0.39, 0.29) is 0 Å². The summed E-state index contributed by atoms with van der Waals surface area (Å²) in [5.74, 6) is 5.72. The van der Waals surface area contributed by atoms with Crippen molar-refractivity contribution < 1.29 is 14.3 Å². The van der Waals surface area contributed by atoms with Crippen molar-refractivity contribution in [1.29, 1.82) is 0 Å². The largest absolute Gasteiger partial charge is 0.432 e. The van der Waals surface area contributed by atoms with Gasteiger partial charge in [0.1, 0.15) is 12.3 Å². The minimum Gasteiger partial charge on any atom is -0.432 e. The summed E-state index contributed by atoms with van der Waals surface area (Å²) in [6, 6.07) is 18.3. The van der Waals surface area contributed by atoms with Crippen LogP contribution in [0.25, 0.3) is 0 Å². The third-order valence-electron chi connectivity index (χ3n) is 4.09. The lowest BCUT2D eigenvalue weighted by atomic mass is 9.84. The highest BCUT2D eigenvalue weighted by Crippen LogP contribution is 2.37. The minimum atomic E-state index is -0.972. The molecular formula is C19H22N2O3. The molecule has 2 aromatic carbocycles. The summed E-state index contributed by atoms with van der Waals surface area (Å²) < 4.78 is 5.85. The van der Waals surface area contributed by atoms with E-state index in [0.717, 1.165) is 16.1 Å². The first-order valence-corrected chi connectivity index (χ1v) is 7.88. The standard InChI is InChI=1S/C19H22N2O3/c1-3-19(16-10-6-4-7-11-16,17-12-8-5-9-13-17)24-18(23)21(20)15(2)14-22/h4-15H,3,20H2,1-2H3. The van der Waals surface area contributed by atoms with E-state index in [1.165, 1.54) is 6.92 Å². The number of rotatable bonds is 6. The van der Waals surface area contributed by atoms with Crippen molar-refractivity contribution in [2.75, 3.05) is 0 Å². The summed E-state index contributed by atoms with van der Waals surface area (Å²) in [5, 5.41) is 0.809. The average Bonchev–Trinajstić information content (AvgIpc) is 2.66. The van der Waals surface area contributed by atoms with Gasteiger partial charge < -0.3 is 9.53 Å². The molecule has 0 spiro atoms. The van der Waals surface area contributed by atoms with Crippen LogP contribution in [0.4, 0.5) is 4.79 Å². The van der Waals surface area contributed by atoms with Gasteiger partial charge in [-0.05, 0) is 13.3 Å². The van der Waals surface area contributed by atoms with Crippen molar-refractivity contribution in [3.05, 3.63) is 71.8 Å². The molecule has 2 N–H and O–H groups in total. The van der Waals surface area contributed by atoms with Gasteiger partial charge >= 0.3 is 6.09 Å². The van der Waals surface area contributed by atoms with Gasteiger partial charge in [-0.25, -0.2) is 15.6 Å². The Morgan fingerprint density at radius 2 is 1.58 bits per heavy atom. The van der Waals surface area contributed by atoms with Crippen molar-refractivity contribution in [2.24, 2.45) is 5.84 Å². The predicted octanol–water partition coefficient (Wildman–Crippen LogP) is 3.24. The molecule has 0 bridgehead atoms. The normalized spacial score (nSPS) is 12.3. The van der Waals surface area contributed by atoms with Crippen molar-refractivity contribution in [3.8, 4) is 0 Å². The molecule has 0 aliphatic carbocycles. The number of aldehydes is 1. The number of amides is 1. The fourth-order valence-electron chi connectivity index (χ4n) is 2.61. The van der Waals surface area contributed by atoms with Gasteiger partial charge in [0.25, 0.3) is 0 Å². The van der Waals surface area contributed by atoms with Crippen molar-refractivity contribution in [1.82, 2.24) is 5.01 Å². The Morgan fingerprint density at radius 1 is 1.12 bits per heavy atom. The van der Waals surface area contributed by atoms with Crippen molar-refractivity contribution in [2.45, 2.75) is 31.9 Å². The van der Waals surface area contributed by atoms with Crippen LogP contribution in [0.3, 0.4) is 0 Å². The van der Waals surface area contributed by atoms with Crippen LogP contribution in [-0.2, 0) is 15.1 Å². The number of hydrogen-bond donors (Lipinski definition) is 1. The molecule has 2 aromatic rings. The molecule has 0 aromatic heterocycles. The van der Waals surface area contributed by atoms with Gasteiger partial charge in [0.2, 0.25) is 0 Å². The van der Waals surface area contributed by atoms with Gasteiger partial charge in [0.15, 0.2) is 5.60 Å². The SMILES string of the molecule is CCC(OC(=O)N(N)C(C)C=O)(c1ccccc1)c1ccccc1. The van der Waals surface area contributed by atoms with Gasteiger partial charge in [-0.1, -0.05) is 67.6 Å². The smallest absolute Gasteiger partial charge is 0.425 e. The second kappa shape index (κ2) is 7.75. The molecule has 0 fully saturated rings. The Labute approximate surface area is 142 Å². The van der Waals surface area contributed by atoms with Crippen LogP contribution in [0.15, 0.2) is 60.7 Å². The van der Waals surface area contributed by atoms with Crippen LogP contribution in [-0.4, -0.2) is 23.4 Å². The first-order chi connectivity index (χ1) is 11.5. The summed E-state index contributed by atoms with van der Waals surface area (Å²) in [6.07, 6.45) is 0.375. The molecule has 126 valence electrons. The van der Waals surface area contributed by atoms with Crippen molar-refractivity contribution in [3.63, 3.8) is 0 Å². The quantitative estimate of drug-likeness (QED) is 0.383. The number of hydrogen-bond acceptors (Lipinski definition) is 4. The van der Waals surface area contributed by atoms with Gasteiger partial charge in [0.05, 0.1) is 0 Å². The Bertz CT molecular complexity index is 634. The number of nitrogens with zero attached hydrogens (tertiary/aromatic N) is 1. The maximum atomic E-state index is 12.5. The minimum absolute atomic E-state index is 0.524. The molecule has 1 atom stereocenters. The van der Waals surface area contributed by atoms with Gasteiger partial charge in [-0.3, -0.25) is 0 Å². The van der Waals surface area contributed by atoms with E-state index in [0.29, 0.717) is 12.7 Å². The van der Waals surface area contributed by atoms with Crippen LogP contribution in [0, 0.1) is 0 Å². The summed E-state index contributed by atoms with van der Waals surface area (Å²) >= 11 is 0. The van der Waals surface area contributed by atoms with Crippen molar-refractivity contribution >= 4 is 12.4 Å². The van der Waals surface area contributed by atoms with E-state index >= 15 is 0 Å². The number of carbonyl (C=O) groups is 2. The molecular weight excluding hydrogens is 304 g/mol. The Balaban J connectivity index is 2.47. The van der Waals surface area contributed by atoms with E-state index in [4.69, 9.17) is 10.6 Å². The molecule has 0 aliphatic rings. The van der Waals surface area contributed by atoms with E-state index in [1.807, 2.05) is 67.6 Å². The summed E-state index contributed by atoms with van der Waals surface area (Å²) in [5.41, 5.74) is 0.721. The lowest BCUT2D eigenvalue weighted by molar-refractivity contribution is -0.112. The molecule has 2 rings (SSSR count). The third-order valence-corrected chi connectivity index (χ3v) is 4.09. The first-order valence-electron chi connectivity index (χ1n) is 7.88. The highest BCUT2D eigenvalue weighted by molar-refractivity contribution is 5.73. The zero-order valence-electron chi connectivity index (χ0n) is 13.9. The van der Waals surface area contributed by atoms with Crippen LogP contribution in [0.5, 0.6) is 0 Å². The number of ether oxygens (including phenoxy) is 1. The summed E-state index contributed by atoms with van der Waals surface area (Å²) in [6.45, 7) is 3.48. The van der Waals surface area contributed by atoms with Crippen LogP contribution < -0.4 is 5.84 Å². The number of benzene rings is 2. The molecule has 1 unspecified atom stereocenters. The Morgan fingerprint density at radius 3 is 1.96 bits per heavy atom. The first kappa shape index (κ1) is 17.7. The van der Waals surface area contributed by atoms with Crippen LogP contribution in [0.1, 0.15) is 31.4 Å². The second-order valence-electron chi connectivity index (χ2n) is 5.56. The molecule has 0 saturated heterocycles. The molecule has 0 heterocycles. The number of hydrazine groups is 1. The van der Waals surface area contributed by atoms with Crippen LogP contribution in [0.2, 0.25) is 0 Å². The van der Waals surface area contributed by atoms with E-state index in [9.17, 15) is 9.59 Å². The highest BCUT2D eigenvalue weighted by Gasteiger charge is 2.38. The molecule has 5 nitrogen and oxygen atoms in total. The molecule has 1 amide bonds. The van der Waals surface area contributed by atoms with Gasteiger partial charge in [-0.2, -0.15) is 0 Å². The third kappa shape index (κ3) is 3.46. The van der Waals surface area contributed by atoms with Gasteiger partial charge in [0, 0.05) is 11.1 Å². The van der Waals surface area contributed by atoms with E-state index < -0.39 is 17.7 Å².